The van der Waals surface area contributed by atoms with Gasteiger partial charge in [0, 0.05) is 31.0 Å². The van der Waals surface area contributed by atoms with Gasteiger partial charge < -0.3 is 19.3 Å². The lowest BCUT2D eigenvalue weighted by Gasteiger charge is -2.65. The lowest BCUT2D eigenvalue weighted by Crippen LogP contribution is -2.65. The van der Waals surface area contributed by atoms with Crippen molar-refractivity contribution in [2.75, 3.05) is 14.2 Å². The Morgan fingerprint density at radius 3 is 2.44 bits per heavy atom. The molecule has 4 fully saturated rings. The Balaban J connectivity index is 1.49. The number of fused-ring (bicyclic) bond motifs is 2. The predicted octanol–water partition coefficient (Wildman–Crippen LogP) is 6.92. The minimum Gasteiger partial charge on any atom is -0.392 e. The Morgan fingerprint density at radius 1 is 1.06 bits per heavy atom. The summed E-state index contributed by atoms with van der Waals surface area (Å²) < 4.78 is 18.8. The molecule has 0 radical (unpaired) electrons. The van der Waals surface area contributed by atoms with E-state index in [2.05, 4.69) is 72.8 Å². The van der Waals surface area contributed by atoms with E-state index in [9.17, 15) is 5.11 Å². The van der Waals surface area contributed by atoms with Crippen LogP contribution in [-0.2, 0) is 14.2 Å². The second-order valence-electron chi connectivity index (χ2n) is 14.7. The van der Waals surface area contributed by atoms with E-state index in [0.29, 0.717) is 29.1 Å². The summed E-state index contributed by atoms with van der Waals surface area (Å²) in [6.45, 7) is 16.3. The van der Waals surface area contributed by atoms with Gasteiger partial charge in [0.2, 0.25) is 0 Å². The lowest BCUT2D eigenvalue weighted by atomic mass is 9.38. The summed E-state index contributed by atoms with van der Waals surface area (Å²) in [5, 5.41) is 11.0. The van der Waals surface area contributed by atoms with Crippen molar-refractivity contribution < 1.29 is 19.3 Å². The van der Waals surface area contributed by atoms with Crippen LogP contribution in [-0.4, -0.2) is 42.9 Å². The zero-order valence-corrected chi connectivity index (χ0v) is 24.4. The van der Waals surface area contributed by atoms with Gasteiger partial charge in [0.15, 0.2) is 6.29 Å². The Labute approximate surface area is 220 Å². The fourth-order valence-corrected chi connectivity index (χ4v) is 10.3. The molecule has 4 heteroatoms. The fourth-order valence-electron chi connectivity index (χ4n) is 10.3. The Hall–Kier alpha value is -0.680. The van der Waals surface area contributed by atoms with Crippen LogP contribution in [0.25, 0.3) is 0 Å². The summed E-state index contributed by atoms with van der Waals surface area (Å²) in [5.41, 5.74) is -0.460. The molecule has 204 valence electrons. The molecule has 2 bridgehead atoms. The van der Waals surface area contributed by atoms with Crippen molar-refractivity contribution in [3.63, 3.8) is 0 Å². The Morgan fingerprint density at radius 2 is 1.78 bits per heavy atom. The average molecular weight is 501 g/mol. The standard InChI is InChI=1S/C32H52O4/c1-21(11-10-16-27(2,3)35-9)22-14-17-30(7)23-15-18-32-24(12-13-25(33)28(32,4)5)31(23,26(34-8)36-32)20-19-29(22,30)6/h10,15-16,18,21-26,33H,11-14,17,19-20H2,1-9H3/b16-10+/t21?,22-,23+,24+,25?,26?,29-,30+,31+,32-/m1/s1. The zero-order chi connectivity index (χ0) is 26.4. The number of allylic oxidation sites excluding steroid dienone is 2. The molecule has 0 aromatic rings. The molecule has 3 unspecified atom stereocenters. The molecule has 1 N–H and O–H groups in total. The third kappa shape index (κ3) is 3.20. The molecule has 5 rings (SSSR count). The van der Waals surface area contributed by atoms with Gasteiger partial charge in [-0.2, -0.15) is 0 Å². The summed E-state index contributed by atoms with van der Waals surface area (Å²) in [5.74, 6) is 2.20. The number of aliphatic hydroxyl groups is 1. The maximum atomic E-state index is 11.0. The van der Waals surface area contributed by atoms with Crippen molar-refractivity contribution in [1.29, 1.82) is 0 Å². The molecule has 0 amide bonds. The quantitative estimate of drug-likeness (QED) is 0.402. The molecule has 1 spiro atoms. The normalized spacial score (nSPS) is 50.1. The van der Waals surface area contributed by atoms with Crippen molar-refractivity contribution in [3.05, 3.63) is 24.3 Å². The SMILES string of the molecule is COC1O[C@]23C=C[C@@H]4[C@@]1(CC[C@]1(C)[C@@H](C(C)C/C=C/C(C)(C)OC)CC[C@@]41C)[C@@H]2CCC(O)C3(C)C. The molecule has 36 heavy (non-hydrogen) atoms. The van der Waals surface area contributed by atoms with E-state index in [1.165, 1.54) is 19.3 Å². The first-order valence-electron chi connectivity index (χ1n) is 14.6. The van der Waals surface area contributed by atoms with Gasteiger partial charge in [-0.1, -0.05) is 58.9 Å². The van der Waals surface area contributed by atoms with Crippen molar-refractivity contribution in [1.82, 2.24) is 0 Å². The smallest absolute Gasteiger partial charge is 0.164 e. The van der Waals surface area contributed by atoms with Crippen LogP contribution in [0, 0.1) is 45.3 Å². The monoisotopic (exact) mass is 500 g/mol. The molecule has 0 aromatic carbocycles. The van der Waals surface area contributed by atoms with Crippen LogP contribution in [0.3, 0.4) is 0 Å². The van der Waals surface area contributed by atoms with Crippen molar-refractivity contribution in [2.45, 2.75) is 117 Å². The van der Waals surface area contributed by atoms with Gasteiger partial charge in [0.1, 0.15) is 5.60 Å². The molecular formula is C32H52O4. The number of hydrogen-bond donors (Lipinski definition) is 1. The van der Waals surface area contributed by atoms with E-state index < -0.39 is 5.60 Å². The topological polar surface area (TPSA) is 47.9 Å². The highest BCUT2D eigenvalue weighted by Crippen LogP contribution is 2.78. The van der Waals surface area contributed by atoms with Gasteiger partial charge in [0.05, 0.1) is 11.7 Å². The van der Waals surface area contributed by atoms with Crippen LogP contribution in [0.5, 0.6) is 0 Å². The molecule has 10 atom stereocenters. The highest BCUT2D eigenvalue weighted by atomic mass is 16.7. The zero-order valence-electron chi connectivity index (χ0n) is 24.4. The molecule has 1 aliphatic heterocycles. The molecular weight excluding hydrogens is 448 g/mol. The van der Waals surface area contributed by atoms with Crippen LogP contribution in [0.1, 0.15) is 93.4 Å². The van der Waals surface area contributed by atoms with Gasteiger partial charge in [-0.05, 0) is 87.4 Å². The van der Waals surface area contributed by atoms with Gasteiger partial charge in [0.25, 0.3) is 0 Å². The highest BCUT2D eigenvalue weighted by Gasteiger charge is 2.78. The Kier molecular flexibility index (Phi) is 6.28. The predicted molar refractivity (Wildman–Crippen MR) is 144 cm³/mol. The van der Waals surface area contributed by atoms with Gasteiger partial charge in [-0.3, -0.25) is 0 Å². The van der Waals surface area contributed by atoms with Crippen LogP contribution in [0.2, 0.25) is 0 Å². The van der Waals surface area contributed by atoms with E-state index in [1.807, 2.05) is 7.11 Å². The number of ether oxygens (including phenoxy) is 3. The summed E-state index contributed by atoms with van der Waals surface area (Å²) in [4.78, 5) is 0. The number of hydrogen-bond acceptors (Lipinski definition) is 4. The summed E-state index contributed by atoms with van der Waals surface area (Å²) in [6, 6.07) is 0. The fraction of sp³-hybridized carbons (Fsp3) is 0.875. The molecule has 4 nitrogen and oxygen atoms in total. The lowest BCUT2D eigenvalue weighted by molar-refractivity contribution is -0.225. The van der Waals surface area contributed by atoms with E-state index in [-0.39, 0.29) is 34.2 Å². The van der Waals surface area contributed by atoms with Crippen LogP contribution in [0.15, 0.2) is 24.3 Å². The van der Waals surface area contributed by atoms with E-state index >= 15 is 0 Å². The number of aliphatic hydroxyl groups excluding tert-OH is 1. The molecule has 1 heterocycles. The first kappa shape index (κ1) is 26.9. The van der Waals surface area contributed by atoms with Crippen molar-refractivity contribution >= 4 is 0 Å². The second-order valence-corrected chi connectivity index (χ2v) is 14.7. The maximum absolute atomic E-state index is 11.0. The highest BCUT2D eigenvalue weighted by molar-refractivity contribution is 5.34. The third-order valence-corrected chi connectivity index (χ3v) is 12.9. The van der Waals surface area contributed by atoms with Gasteiger partial charge >= 0.3 is 0 Å². The first-order valence-corrected chi connectivity index (χ1v) is 14.6. The minimum absolute atomic E-state index is 0.00428. The largest absolute Gasteiger partial charge is 0.392 e. The van der Waals surface area contributed by atoms with Crippen LogP contribution >= 0.6 is 0 Å². The number of methoxy groups -OCH3 is 2. The second kappa shape index (κ2) is 8.41. The molecule has 1 saturated heterocycles. The first-order chi connectivity index (χ1) is 16.8. The van der Waals surface area contributed by atoms with Crippen LogP contribution in [0.4, 0.5) is 0 Å². The third-order valence-electron chi connectivity index (χ3n) is 12.9. The van der Waals surface area contributed by atoms with Gasteiger partial charge in [-0.15, -0.1) is 0 Å². The molecule has 5 aliphatic rings. The van der Waals surface area contributed by atoms with E-state index in [0.717, 1.165) is 25.7 Å². The number of rotatable bonds is 6. The van der Waals surface area contributed by atoms with E-state index in [1.54, 1.807) is 7.11 Å². The molecule has 4 aliphatic carbocycles. The average Bonchev–Trinajstić information content (AvgIpc) is 3.20. The van der Waals surface area contributed by atoms with Crippen molar-refractivity contribution in [2.24, 2.45) is 45.3 Å². The van der Waals surface area contributed by atoms with Crippen LogP contribution < -0.4 is 0 Å². The maximum Gasteiger partial charge on any atom is 0.164 e. The van der Waals surface area contributed by atoms with Crippen molar-refractivity contribution in [3.8, 4) is 0 Å². The van der Waals surface area contributed by atoms with E-state index in [4.69, 9.17) is 14.2 Å². The van der Waals surface area contributed by atoms with Gasteiger partial charge in [-0.25, -0.2) is 0 Å². The molecule has 0 aromatic heterocycles. The summed E-state index contributed by atoms with van der Waals surface area (Å²) in [6.07, 6.45) is 16.9. The minimum atomic E-state index is -0.434. The summed E-state index contributed by atoms with van der Waals surface area (Å²) >= 11 is 0. The Bertz CT molecular complexity index is 921. The molecule has 3 saturated carbocycles. The summed E-state index contributed by atoms with van der Waals surface area (Å²) in [7, 11) is 3.63.